The average molecular weight is 277 g/mol. The fourth-order valence-electron chi connectivity index (χ4n) is 1.28. The monoisotopic (exact) mass is 277 g/mol. The third kappa shape index (κ3) is 7.61. The van der Waals surface area contributed by atoms with Crippen molar-refractivity contribution in [2.75, 3.05) is 13.2 Å². The van der Waals surface area contributed by atoms with Gasteiger partial charge in [-0.2, -0.15) is 18.3 Å². The van der Waals surface area contributed by atoms with E-state index in [4.69, 9.17) is 4.74 Å². The summed E-state index contributed by atoms with van der Waals surface area (Å²) in [7, 11) is 0. The van der Waals surface area contributed by atoms with E-state index in [0.717, 1.165) is 12.2 Å². The number of rotatable bonds is 7. The Kier molecular flexibility index (Phi) is 6.01. The van der Waals surface area contributed by atoms with Crippen LogP contribution in [0.5, 0.6) is 5.88 Å². The summed E-state index contributed by atoms with van der Waals surface area (Å²) >= 11 is 0. The van der Waals surface area contributed by atoms with Crippen LogP contribution in [0.4, 0.5) is 13.2 Å². The van der Waals surface area contributed by atoms with Gasteiger partial charge in [-0.3, -0.25) is 0 Å². The average Bonchev–Trinajstić information content (AvgIpc) is 2.29. The van der Waals surface area contributed by atoms with Gasteiger partial charge in [0.1, 0.15) is 0 Å². The van der Waals surface area contributed by atoms with Crippen LogP contribution >= 0.6 is 0 Å². The summed E-state index contributed by atoms with van der Waals surface area (Å²) in [6.45, 7) is 5.19. The van der Waals surface area contributed by atoms with Crippen molar-refractivity contribution in [2.45, 2.75) is 33.0 Å². The van der Waals surface area contributed by atoms with E-state index in [1.165, 1.54) is 6.07 Å². The maximum atomic E-state index is 11.9. The van der Waals surface area contributed by atoms with Crippen LogP contribution in [0.15, 0.2) is 12.1 Å². The van der Waals surface area contributed by atoms with Crippen LogP contribution in [0.3, 0.4) is 0 Å². The van der Waals surface area contributed by atoms with Gasteiger partial charge in [0.05, 0.1) is 18.7 Å². The van der Waals surface area contributed by atoms with Crippen molar-refractivity contribution < 1.29 is 17.9 Å². The Morgan fingerprint density at radius 2 is 2.00 bits per heavy atom. The maximum Gasteiger partial charge on any atom is 0.392 e. The second kappa shape index (κ2) is 7.28. The molecule has 1 heterocycles. The van der Waals surface area contributed by atoms with Gasteiger partial charge >= 0.3 is 6.18 Å². The van der Waals surface area contributed by atoms with E-state index in [-0.39, 0.29) is 5.88 Å². The molecule has 1 N–H and O–H groups in total. The SMILES string of the molecule is CC(C)CNCc1ccc(OCCC(F)(F)F)nn1. The Morgan fingerprint density at radius 3 is 2.53 bits per heavy atom. The molecule has 19 heavy (non-hydrogen) atoms. The lowest BCUT2D eigenvalue weighted by Crippen LogP contribution is -2.20. The van der Waals surface area contributed by atoms with Crippen molar-refractivity contribution in [3.63, 3.8) is 0 Å². The molecule has 0 saturated carbocycles. The number of nitrogens with one attached hydrogen (secondary N) is 1. The summed E-state index contributed by atoms with van der Waals surface area (Å²) in [5.41, 5.74) is 0.726. The summed E-state index contributed by atoms with van der Waals surface area (Å²) in [6, 6.07) is 3.21. The minimum Gasteiger partial charge on any atom is -0.476 e. The van der Waals surface area contributed by atoms with Gasteiger partial charge in [0.2, 0.25) is 5.88 Å². The number of nitrogens with zero attached hydrogens (tertiary/aromatic N) is 2. The Bertz CT molecular complexity index is 365. The molecule has 0 fully saturated rings. The third-order valence-electron chi connectivity index (χ3n) is 2.19. The quantitative estimate of drug-likeness (QED) is 0.832. The first-order chi connectivity index (χ1) is 8.87. The zero-order valence-corrected chi connectivity index (χ0v) is 11.0. The smallest absolute Gasteiger partial charge is 0.392 e. The first kappa shape index (κ1) is 15.7. The number of ether oxygens (including phenoxy) is 1. The third-order valence-corrected chi connectivity index (χ3v) is 2.19. The van der Waals surface area contributed by atoms with E-state index in [2.05, 4.69) is 29.4 Å². The molecule has 0 aromatic carbocycles. The first-order valence-corrected chi connectivity index (χ1v) is 6.09. The lowest BCUT2D eigenvalue weighted by Gasteiger charge is -2.08. The van der Waals surface area contributed by atoms with Crippen LogP contribution in [-0.4, -0.2) is 29.5 Å². The van der Waals surface area contributed by atoms with Crippen molar-refractivity contribution in [1.82, 2.24) is 15.5 Å². The fraction of sp³-hybridized carbons (Fsp3) is 0.667. The summed E-state index contributed by atoms with van der Waals surface area (Å²) in [5, 5.41) is 10.8. The molecule has 1 aromatic heterocycles. The topological polar surface area (TPSA) is 47.0 Å². The molecule has 4 nitrogen and oxygen atoms in total. The molecule has 0 aliphatic carbocycles. The van der Waals surface area contributed by atoms with Crippen LogP contribution in [0.25, 0.3) is 0 Å². The molecule has 108 valence electrons. The van der Waals surface area contributed by atoms with Gasteiger partial charge < -0.3 is 10.1 Å². The minimum atomic E-state index is -4.21. The normalized spacial score (nSPS) is 11.9. The zero-order chi connectivity index (χ0) is 14.3. The second-order valence-electron chi connectivity index (χ2n) is 4.60. The number of alkyl halides is 3. The summed E-state index contributed by atoms with van der Waals surface area (Å²) in [6.07, 6.45) is -5.21. The van der Waals surface area contributed by atoms with E-state index >= 15 is 0 Å². The highest BCUT2D eigenvalue weighted by molar-refractivity contribution is 5.11. The molecule has 0 saturated heterocycles. The van der Waals surface area contributed by atoms with E-state index in [1.807, 2.05) is 0 Å². The predicted octanol–water partition coefficient (Wildman–Crippen LogP) is 2.55. The fourth-order valence-corrected chi connectivity index (χ4v) is 1.28. The highest BCUT2D eigenvalue weighted by Gasteiger charge is 2.26. The number of hydrogen-bond donors (Lipinski definition) is 1. The van der Waals surface area contributed by atoms with Gasteiger partial charge in [-0.05, 0) is 18.5 Å². The molecule has 0 aliphatic heterocycles. The van der Waals surface area contributed by atoms with Crippen LogP contribution < -0.4 is 10.1 Å². The molecule has 0 amide bonds. The molecule has 0 atom stereocenters. The van der Waals surface area contributed by atoms with Gasteiger partial charge in [0.15, 0.2) is 0 Å². The van der Waals surface area contributed by atoms with E-state index in [1.54, 1.807) is 6.07 Å². The Morgan fingerprint density at radius 1 is 1.26 bits per heavy atom. The standard InChI is InChI=1S/C12H18F3N3O/c1-9(2)7-16-8-10-3-4-11(18-17-10)19-6-5-12(13,14)15/h3-4,9,16H,5-8H2,1-2H3. The van der Waals surface area contributed by atoms with Gasteiger partial charge in [-0.1, -0.05) is 13.8 Å². The van der Waals surface area contributed by atoms with Gasteiger partial charge in [-0.25, -0.2) is 0 Å². The lowest BCUT2D eigenvalue weighted by atomic mass is 10.2. The Hall–Kier alpha value is -1.37. The number of halogens is 3. The molecule has 7 heteroatoms. The maximum absolute atomic E-state index is 11.9. The van der Waals surface area contributed by atoms with Crippen LogP contribution in [-0.2, 0) is 6.54 Å². The molecule has 0 bridgehead atoms. The van der Waals surface area contributed by atoms with Crippen molar-refractivity contribution in [3.05, 3.63) is 17.8 Å². The van der Waals surface area contributed by atoms with Crippen molar-refractivity contribution in [1.29, 1.82) is 0 Å². The summed E-state index contributed by atoms with van der Waals surface area (Å²) < 4.78 is 40.6. The number of hydrogen-bond acceptors (Lipinski definition) is 4. The van der Waals surface area contributed by atoms with Crippen molar-refractivity contribution in [2.24, 2.45) is 5.92 Å². The van der Waals surface area contributed by atoms with Crippen LogP contribution in [0.2, 0.25) is 0 Å². The molecule has 0 radical (unpaired) electrons. The molecular formula is C12H18F3N3O. The van der Waals surface area contributed by atoms with Crippen molar-refractivity contribution in [3.8, 4) is 5.88 Å². The lowest BCUT2D eigenvalue weighted by molar-refractivity contribution is -0.139. The molecule has 0 unspecified atom stereocenters. The van der Waals surface area contributed by atoms with Crippen molar-refractivity contribution >= 4 is 0 Å². The minimum absolute atomic E-state index is 0.108. The highest BCUT2D eigenvalue weighted by Crippen LogP contribution is 2.19. The molecular weight excluding hydrogens is 259 g/mol. The van der Waals surface area contributed by atoms with E-state index < -0.39 is 19.2 Å². The van der Waals surface area contributed by atoms with Gasteiger partial charge in [0.25, 0.3) is 0 Å². The molecule has 0 aliphatic rings. The van der Waals surface area contributed by atoms with Gasteiger partial charge in [-0.15, -0.1) is 5.10 Å². The Balaban J connectivity index is 2.31. The summed E-state index contributed by atoms with van der Waals surface area (Å²) in [4.78, 5) is 0. The summed E-state index contributed by atoms with van der Waals surface area (Å²) in [5.74, 6) is 0.648. The Labute approximate surface area is 110 Å². The van der Waals surface area contributed by atoms with E-state index in [0.29, 0.717) is 12.5 Å². The largest absolute Gasteiger partial charge is 0.476 e. The van der Waals surface area contributed by atoms with Gasteiger partial charge in [0, 0.05) is 12.6 Å². The van der Waals surface area contributed by atoms with E-state index in [9.17, 15) is 13.2 Å². The predicted molar refractivity (Wildman–Crippen MR) is 64.7 cm³/mol. The number of aromatic nitrogens is 2. The molecule has 1 rings (SSSR count). The second-order valence-corrected chi connectivity index (χ2v) is 4.60. The van der Waals surface area contributed by atoms with Crippen LogP contribution in [0.1, 0.15) is 26.0 Å². The molecule has 1 aromatic rings. The first-order valence-electron chi connectivity index (χ1n) is 6.09. The zero-order valence-electron chi connectivity index (χ0n) is 11.0. The highest BCUT2D eigenvalue weighted by atomic mass is 19.4. The van der Waals surface area contributed by atoms with Crippen LogP contribution in [0, 0.1) is 5.92 Å². The molecule has 0 spiro atoms.